The fourth-order valence-corrected chi connectivity index (χ4v) is 6.85. The van der Waals surface area contributed by atoms with E-state index in [1.54, 1.807) is 6.92 Å². The van der Waals surface area contributed by atoms with E-state index in [0.29, 0.717) is 5.41 Å². The summed E-state index contributed by atoms with van der Waals surface area (Å²) < 4.78 is 0. The third-order valence-electron chi connectivity index (χ3n) is 8.12. The van der Waals surface area contributed by atoms with Gasteiger partial charge in [0.25, 0.3) is 0 Å². The van der Waals surface area contributed by atoms with Gasteiger partial charge in [-0.05, 0) is 86.4 Å². The molecule has 1 spiro atoms. The number of fused-ring (bicyclic) bond motifs is 4. The molecule has 140 valence electrons. The topological polar surface area (TPSA) is 32.3 Å². The number of likely N-dealkylation sites (tertiary alicyclic amines) is 1. The Labute approximate surface area is 157 Å². The summed E-state index contributed by atoms with van der Waals surface area (Å²) in [5, 5.41) is 3.18. The van der Waals surface area contributed by atoms with Crippen molar-refractivity contribution in [3.63, 3.8) is 0 Å². The van der Waals surface area contributed by atoms with Gasteiger partial charge >= 0.3 is 0 Å². The molecule has 3 heteroatoms. The van der Waals surface area contributed by atoms with Crippen molar-refractivity contribution in [2.45, 2.75) is 75.8 Å². The van der Waals surface area contributed by atoms with Crippen molar-refractivity contribution in [1.82, 2.24) is 10.2 Å². The summed E-state index contributed by atoms with van der Waals surface area (Å²) in [7, 11) is 0. The number of carbonyl (C=O) groups excluding carboxylic acids is 1. The summed E-state index contributed by atoms with van der Waals surface area (Å²) in [4.78, 5) is 14.5. The number of hydrogen-bond donors (Lipinski definition) is 1. The van der Waals surface area contributed by atoms with Gasteiger partial charge in [0.15, 0.2) is 0 Å². The number of benzene rings is 1. The maximum Gasteiger partial charge on any atom is 0.217 e. The van der Waals surface area contributed by atoms with Crippen molar-refractivity contribution >= 4 is 5.91 Å². The van der Waals surface area contributed by atoms with Gasteiger partial charge in [-0.25, -0.2) is 0 Å². The number of nitrogens with zero attached hydrogens (tertiary/aromatic N) is 1. The lowest BCUT2D eigenvalue weighted by Gasteiger charge is -2.49. The zero-order valence-corrected chi connectivity index (χ0v) is 16.0. The maximum atomic E-state index is 11.6. The Hall–Kier alpha value is -1.35. The van der Waals surface area contributed by atoms with Crippen LogP contribution in [-0.2, 0) is 10.2 Å². The van der Waals surface area contributed by atoms with Crippen LogP contribution in [0.15, 0.2) is 24.3 Å². The lowest BCUT2D eigenvalue weighted by Crippen LogP contribution is -2.50. The zero-order chi connectivity index (χ0) is 17.7. The van der Waals surface area contributed by atoms with Gasteiger partial charge in [0.2, 0.25) is 5.91 Å². The van der Waals surface area contributed by atoms with Crippen LogP contribution < -0.4 is 5.32 Å². The van der Waals surface area contributed by atoms with Gasteiger partial charge in [-0.1, -0.05) is 30.7 Å². The minimum absolute atomic E-state index is 0.0897. The normalized spacial score (nSPS) is 35.4. The molecule has 2 bridgehead atoms. The van der Waals surface area contributed by atoms with Crippen LogP contribution in [0.25, 0.3) is 0 Å². The van der Waals surface area contributed by atoms with Crippen LogP contribution in [0.2, 0.25) is 0 Å². The second kappa shape index (κ2) is 6.37. The van der Waals surface area contributed by atoms with E-state index in [4.69, 9.17) is 0 Å². The molecule has 2 saturated carbocycles. The summed E-state index contributed by atoms with van der Waals surface area (Å²) in [6, 6.07) is 10.0. The molecule has 1 aliphatic heterocycles. The van der Waals surface area contributed by atoms with Crippen LogP contribution in [0, 0.1) is 11.8 Å². The SMILES string of the molecule is CC(=O)N[C@H]1CCC2(CCN([C@@H]3C[C@@H]4CC[C@@H]3C4)CC2)c2ccccc21. The molecule has 26 heavy (non-hydrogen) atoms. The van der Waals surface area contributed by atoms with Crippen molar-refractivity contribution in [2.24, 2.45) is 11.8 Å². The molecule has 1 saturated heterocycles. The molecule has 0 unspecified atom stereocenters. The van der Waals surface area contributed by atoms with Crippen LogP contribution in [0.4, 0.5) is 0 Å². The fraction of sp³-hybridized carbons (Fsp3) is 0.696. The molecular weight excluding hydrogens is 320 g/mol. The Morgan fingerprint density at radius 2 is 1.88 bits per heavy atom. The minimum Gasteiger partial charge on any atom is -0.350 e. The predicted molar refractivity (Wildman–Crippen MR) is 104 cm³/mol. The average Bonchev–Trinajstić information content (AvgIpc) is 3.28. The van der Waals surface area contributed by atoms with E-state index in [1.165, 1.54) is 69.2 Å². The highest BCUT2D eigenvalue weighted by Crippen LogP contribution is 2.51. The average molecular weight is 353 g/mol. The Morgan fingerprint density at radius 3 is 2.58 bits per heavy atom. The van der Waals surface area contributed by atoms with E-state index in [2.05, 4.69) is 34.5 Å². The molecule has 3 fully saturated rings. The first kappa shape index (κ1) is 16.8. The van der Waals surface area contributed by atoms with E-state index in [9.17, 15) is 4.79 Å². The second-order valence-electron chi connectivity index (χ2n) is 9.44. The summed E-state index contributed by atoms with van der Waals surface area (Å²) in [5.74, 6) is 2.12. The molecule has 3 aliphatic carbocycles. The molecule has 5 rings (SSSR count). The van der Waals surface area contributed by atoms with Crippen LogP contribution in [0.5, 0.6) is 0 Å². The number of rotatable bonds is 2. The number of hydrogen-bond acceptors (Lipinski definition) is 2. The highest BCUT2D eigenvalue weighted by atomic mass is 16.1. The Bertz CT molecular complexity index is 691. The van der Waals surface area contributed by atoms with Crippen LogP contribution in [-0.4, -0.2) is 29.9 Å². The van der Waals surface area contributed by atoms with E-state index >= 15 is 0 Å². The third kappa shape index (κ3) is 2.70. The van der Waals surface area contributed by atoms with Gasteiger partial charge in [-0.15, -0.1) is 0 Å². The molecule has 1 heterocycles. The number of amides is 1. The van der Waals surface area contributed by atoms with Crippen LogP contribution in [0.3, 0.4) is 0 Å². The number of nitrogens with one attached hydrogen (secondary N) is 1. The molecule has 1 aromatic carbocycles. The minimum atomic E-state index is 0.0897. The Kier molecular flexibility index (Phi) is 4.11. The van der Waals surface area contributed by atoms with Gasteiger partial charge in [-0.3, -0.25) is 4.79 Å². The van der Waals surface area contributed by atoms with E-state index < -0.39 is 0 Å². The highest BCUT2D eigenvalue weighted by Gasteiger charge is 2.47. The summed E-state index contributed by atoms with van der Waals surface area (Å²) >= 11 is 0. The van der Waals surface area contributed by atoms with Crippen molar-refractivity contribution in [3.05, 3.63) is 35.4 Å². The molecule has 1 aromatic rings. The molecule has 1 N–H and O–H groups in total. The quantitative estimate of drug-likeness (QED) is 0.866. The third-order valence-corrected chi connectivity index (χ3v) is 8.12. The molecule has 1 amide bonds. The lowest BCUT2D eigenvalue weighted by molar-refractivity contribution is -0.119. The summed E-state index contributed by atoms with van der Waals surface area (Å²) in [6.07, 6.45) is 10.9. The summed E-state index contributed by atoms with van der Waals surface area (Å²) in [6.45, 7) is 4.18. The zero-order valence-electron chi connectivity index (χ0n) is 16.0. The number of piperidine rings is 1. The highest BCUT2D eigenvalue weighted by molar-refractivity contribution is 5.73. The second-order valence-corrected chi connectivity index (χ2v) is 9.44. The van der Waals surface area contributed by atoms with Gasteiger partial charge in [-0.2, -0.15) is 0 Å². The first-order chi connectivity index (χ1) is 12.6. The fourth-order valence-electron chi connectivity index (χ4n) is 6.85. The van der Waals surface area contributed by atoms with E-state index in [1.807, 2.05) is 0 Å². The van der Waals surface area contributed by atoms with Crippen LogP contribution in [0.1, 0.15) is 75.5 Å². The predicted octanol–water partition coefficient (Wildman–Crippen LogP) is 4.18. The Morgan fingerprint density at radius 1 is 1.08 bits per heavy atom. The number of carbonyl (C=O) groups is 1. The van der Waals surface area contributed by atoms with E-state index in [0.717, 1.165) is 24.3 Å². The lowest BCUT2D eigenvalue weighted by atomic mass is 9.63. The van der Waals surface area contributed by atoms with Gasteiger partial charge in [0, 0.05) is 13.0 Å². The monoisotopic (exact) mass is 352 g/mol. The van der Waals surface area contributed by atoms with Crippen molar-refractivity contribution in [1.29, 1.82) is 0 Å². The molecule has 4 aliphatic rings. The molecule has 3 nitrogen and oxygen atoms in total. The molecule has 0 radical (unpaired) electrons. The van der Waals surface area contributed by atoms with Crippen molar-refractivity contribution in [2.75, 3.05) is 13.1 Å². The van der Waals surface area contributed by atoms with Gasteiger partial charge in [0.1, 0.15) is 0 Å². The largest absolute Gasteiger partial charge is 0.350 e. The van der Waals surface area contributed by atoms with Gasteiger partial charge < -0.3 is 10.2 Å². The first-order valence-corrected chi connectivity index (χ1v) is 10.8. The van der Waals surface area contributed by atoms with Crippen molar-refractivity contribution in [3.8, 4) is 0 Å². The Balaban J connectivity index is 1.34. The van der Waals surface area contributed by atoms with Gasteiger partial charge in [0.05, 0.1) is 6.04 Å². The maximum absolute atomic E-state index is 11.6. The molecule has 4 atom stereocenters. The smallest absolute Gasteiger partial charge is 0.217 e. The van der Waals surface area contributed by atoms with Crippen molar-refractivity contribution < 1.29 is 4.79 Å². The molecular formula is C23H32N2O. The molecule has 0 aromatic heterocycles. The van der Waals surface area contributed by atoms with Crippen LogP contribution >= 0.6 is 0 Å². The summed E-state index contributed by atoms with van der Waals surface area (Å²) in [5.41, 5.74) is 3.25. The first-order valence-electron chi connectivity index (χ1n) is 10.8. The standard InChI is InChI=1S/C23H32N2O/c1-16(26)24-21-8-9-23(20-5-3-2-4-19(20)21)10-12-25(13-11-23)22-15-17-6-7-18(22)14-17/h2-5,17-18,21-22H,6-15H2,1H3,(H,24,26)/t17-,18-,21+,22-/m1/s1. The van der Waals surface area contributed by atoms with E-state index in [-0.39, 0.29) is 11.9 Å².